The Balaban J connectivity index is 2.15. The summed E-state index contributed by atoms with van der Waals surface area (Å²) in [6.07, 6.45) is 5.52. The highest BCUT2D eigenvalue weighted by Crippen LogP contribution is 2.28. The molecule has 0 amide bonds. The molecule has 2 rings (SSSR count). The Hall–Kier alpha value is -0.800. The van der Waals surface area contributed by atoms with E-state index in [2.05, 4.69) is 42.0 Å². The molecule has 0 spiro atoms. The van der Waals surface area contributed by atoms with Gasteiger partial charge in [-0.25, -0.2) is 4.98 Å². The molecule has 1 atom stereocenters. The van der Waals surface area contributed by atoms with Crippen LogP contribution in [0.1, 0.15) is 45.6 Å². The highest BCUT2D eigenvalue weighted by atomic mass is 35.5. The van der Waals surface area contributed by atoms with Gasteiger partial charge in [0, 0.05) is 31.4 Å². The molecule has 0 bridgehead atoms. The molecule has 0 aromatic carbocycles. The number of nitrogens with zero attached hydrogens (tertiary/aromatic N) is 2. The summed E-state index contributed by atoms with van der Waals surface area (Å²) in [5.74, 6) is 1.08. The van der Waals surface area contributed by atoms with Crippen molar-refractivity contribution in [3.8, 4) is 0 Å². The van der Waals surface area contributed by atoms with Crippen LogP contribution in [0.5, 0.6) is 0 Å². The molecule has 1 saturated heterocycles. The number of hydrogen-bond donors (Lipinski definition) is 1. The van der Waals surface area contributed by atoms with E-state index in [4.69, 9.17) is 11.6 Å². The molecule has 0 radical (unpaired) electrons. The van der Waals surface area contributed by atoms with Gasteiger partial charge in [-0.2, -0.15) is 0 Å². The summed E-state index contributed by atoms with van der Waals surface area (Å²) in [5.41, 5.74) is 1.14. The van der Waals surface area contributed by atoms with Crippen LogP contribution in [0.3, 0.4) is 0 Å². The van der Waals surface area contributed by atoms with Crippen LogP contribution in [0.4, 0.5) is 5.82 Å². The van der Waals surface area contributed by atoms with Gasteiger partial charge in [-0.1, -0.05) is 32.4 Å². The average molecular weight is 282 g/mol. The molecule has 1 aliphatic heterocycles. The van der Waals surface area contributed by atoms with Gasteiger partial charge in [0.2, 0.25) is 0 Å². The second-order valence-electron chi connectivity index (χ2n) is 5.57. The third kappa shape index (κ3) is 3.61. The lowest BCUT2D eigenvalue weighted by molar-refractivity contribution is 0.588. The van der Waals surface area contributed by atoms with Crippen LogP contribution in [0.15, 0.2) is 12.3 Å². The second-order valence-corrected chi connectivity index (χ2v) is 5.97. The molecule has 1 fully saturated rings. The van der Waals surface area contributed by atoms with Gasteiger partial charge >= 0.3 is 0 Å². The molecular formula is C15H24ClN3. The Bertz CT molecular complexity index is 420. The molecule has 2 heterocycles. The van der Waals surface area contributed by atoms with Gasteiger partial charge in [-0.05, 0) is 30.9 Å². The van der Waals surface area contributed by atoms with Crippen molar-refractivity contribution in [1.29, 1.82) is 0 Å². The van der Waals surface area contributed by atoms with E-state index in [-0.39, 0.29) is 0 Å². The van der Waals surface area contributed by atoms with Crippen LogP contribution in [-0.2, 0) is 6.54 Å². The van der Waals surface area contributed by atoms with Crippen LogP contribution in [0.2, 0.25) is 5.02 Å². The second kappa shape index (κ2) is 6.58. The maximum Gasteiger partial charge on any atom is 0.129 e. The Kier molecular flexibility index (Phi) is 5.06. The van der Waals surface area contributed by atoms with Gasteiger partial charge in [0.1, 0.15) is 5.82 Å². The molecule has 4 heteroatoms. The average Bonchev–Trinajstić information content (AvgIpc) is 2.86. The van der Waals surface area contributed by atoms with E-state index >= 15 is 0 Å². The third-order valence-corrected chi connectivity index (χ3v) is 4.10. The summed E-state index contributed by atoms with van der Waals surface area (Å²) >= 11 is 6.24. The zero-order valence-corrected chi connectivity index (χ0v) is 12.9. The normalized spacial score (nSPS) is 19.4. The molecular weight excluding hydrogens is 258 g/mol. The van der Waals surface area contributed by atoms with Crippen LogP contribution < -0.4 is 10.2 Å². The summed E-state index contributed by atoms with van der Waals surface area (Å²) in [5, 5.41) is 4.17. The van der Waals surface area contributed by atoms with Crippen molar-refractivity contribution < 1.29 is 0 Å². The number of anilines is 1. The minimum absolute atomic E-state index is 0.461. The van der Waals surface area contributed by atoms with Crippen molar-refractivity contribution in [2.45, 2.75) is 58.7 Å². The van der Waals surface area contributed by atoms with E-state index in [0.29, 0.717) is 12.1 Å². The minimum Gasteiger partial charge on any atom is -0.354 e. The van der Waals surface area contributed by atoms with E-state index < -0.39 is 0 Å². The first-order valence-corrected chi connectivity index (χ1v) is 7.64. The Labute approximate surface area is 121 Å². The zero-order chi connectivity index (χ0) is 13.8. The van der Waals surface area contributed by atoms with Crippen molar-refractivity contribution in [2.75, 3.05) is 11.4 Å². The third-order valence-electron chi connectivity index (χ3n) is 3.76. The number of halogens is 1. The van der Waals surface area contributed by atoms with Gasteiger partial charge < -0.3 is 10.2 Å². The molecule has 1 unspecified atom stereocenters. The number of aromatic nitrogens is 1. The molecule has 106 valence electrons. The van der Waals surface area contributed by atoms with Crippen LogP contribution in [0.25, 0.3) is 0 Å². The van der Waals surface area contributed by atoms with E-state index in [1.807, 2.05) is 0 Å². The van der Waals surface area contributed by atoms with Gasteiger partial charge in [0.25, 0.3) is 0 Å². The van der Waals surface area contributed by atoms with E-state index in [9.17, 15) is 0 Å². The predicted octanol–water partition coefficient (Wildman–Crippen LogP) is 3.61. The van der Waals surface area contributed by atoms with Crippen molar-refractivity contribution >= 4 is 17.4 Å². The summed E-state index contributed by atoms with van der Waals surface area (Å²) in [4.78, 5) is 6.94. The quantitative estimate of drug-likeness (QED) is 0.894. The zero-order valence-electron chi connectivity index (χ0n) is 12.1. The lowest BCUT2D eigenvalue weighted by Gasteiger charge is -2.25. The van der Waals surface area contributed by atoms with Gasteiger partial charge in [0.15, 0.2) is 0 Å². The van der Waals surface area contributed by atoms with Crippen LogP contribution in [0, 0.1) is 0 Å². The number of pyridine rings is 1. The highest BCUT2D eigenvalue weighted by molar-refractivity contribution is 6.31. The molecule has 1 aromatic rings. The summed E-state index contributed by atoms with van der Waals surface area (Å²) in [7, 11) is 0. The molecule has 1 aromatic heterocycles. The summed E-state index contributed by atoms with van der Waals surface area (Å²) < 4.78 is 0. The Morgan fingerprint density at radius 3 is 3.00 bits per heavy atom. The Morgan fingerprint density at radius 1 is 1.53 bits per heavy atom. The molecule has 0 saturated carbocycles. The Morgan fingerprint density at radius 2 is 2.32 bits per heavy atom. The lowest BCUT2D eigenvalue weighted by atomic mass is 10.1. The fourth-order valence-corrected chi connectivity index (χ4v) is 2.81. The summed E-state index contributed by atoms with van der Waals surface area (Å²) in [6.45, 7) is 8.45. The molecule has 1 N–H and O–H groups in total. The molecule has 19 heavy (non-hydrogen) atoms. The number of hydrogen-bond acceptors (Lipinski definition) is 3. The highest BCUT2D eigenvalue weighted by Gasteiger charge is 2.24. The van der Waals surface area contributed by atoms with Crippen molar-refractivity contribution in [3.05, 3.63) is 22.8 Å². The first-order chi connectivity index (χ1) is 9.11. The molecule has 3 nitrogen and oxygen atoms in total. The summed E-state index contributed by atoms with van der Waals surface area (Å²) in [6, 6.07) is 3.24. The monoisotopic (exact) mass is 281 g/mol. The van der Waals surface area contributed by atoms with Crippen LogP contribution in [-0.4, -0.2) is 23.6 Å². The fraction of sp³-hybridized carbons (Fsp3) is 0.667. The van der Waals surface area contributed by atoms with Crippen LogP contribution >= 0.6 is 11.6 Å². The standard InChI is InChI=1S/C15H24ClN3/c1-4-13-6-5-7-19(13)15-8-12(9-17-11(2)3)14(16)10-18-15/h8,10-11,13,17H,4-7,9H2,1-3H3. The van der Waals surface area contributed by atoms with E-state index in [1.165, 1.54) is 19.3 Å². The van der Waals surface area contributed by atoms with Gasteiger partial charge in [-0.15, -0.1) is 0 Å². The fourth-order valence-electron chi connectivity index (χ4n) is 2.64. The minimum atomic E-state index is 0.461. The largest absolute Gasteiger partial charge is 0.354 e. The smallest absolute Gasteiger partial charge is 0.129 e. The van der Waals surface area contributed by atoms with E-state index in [1.54, 1.807) is 6.20 Å². The van der Waals surface area contributed by atoms with E-state index in [0.717, 1.165) is 29.5 Å². The SMILES string of the molecule is CCC1CCCN1c1cc(CNC(C)C)c(Cl)cn1. The first kappa shape index (κ1) is 14.6. The maximum absolute atomic E-state index is 6.24. The lowest BCUT2D eigenvalue weighted by Crippen LogP contribution is -2.29. The van der Waals surface area contributed by atoms with Gasteiger partial charge in [-0.3, -0.25) is 0 Å². The predicted molar refractivity (Wildman–Crippen MR) is 81.9 cm³/mol. The van der Waals surface area contributed by atoms with Crippen molar-refractivity contribution in [3.63, 3.8) is 0 Å². The maximum atomic E-state index is 6.24. The molecule has 1 aliphatic rings. The first-order valence-electron chi connectivity index (χ1n) is 7.26. The topological polar surface area (TPSA) is 28.2 Å². The van der Waals surface area contributed by atoms with Gasteiger partial charge in [0.05, 0.1) is 5.02 Å². The van der Waals surface area contributed by atoms with Crippen molar-refractivity contribution in [1.82, 2.24) is 10.3 Å². The van der Waals surface area contributed by atoms with Crippen molar-refractivity contribution in [2.24, 2.45) is 0 Å². The number of nitrogens with one attached hydrogen (secondary N) is 1. The molecule has 0 aliphatic carbocycles. The number of rotatable bonds is 5.